The van der Waals surface area contributed by atoms with Gasteiger partial charge in [0.2, 0.25) is 5.91 Å². The first kappa shape index (κ1) is 28.5. The fraction of sp³-hybridized carbons (Fsp3) is 0.333. The number of carbonyl (C=O) groups is 3. The number of nitrogens with zero attached hydrogens (tertiary/aromatic N) is 3. The predicted molar refractivity (Wildman–Crippen MR) is 151 cm³/mol. The third-order valence-electron chi connectivity index (χ3n) is 7.21. The number of halogens is 1. The van der Waals surface area contributed by atoms with Gasteiger partial charge in [0.15, 0.2) is 5.82 Å². The molecule has 0 saturated heterocycles. The van der Waals surface area contributed by atoms with Gasteiger partial charge in [0, 0.05) is 41.8 Å². The van der Waals surface area contributed by atoms with Crippen LogP contribution in [-0.2, 0) is 22.6 Å². The van der Waals surface area contributed by atoms with Crippen molar-refractivity contribution in [3.8, 4) is 0 Å². The fourth-order valence-electron chi connectivity index (χ4n) is 4.88. The van der Waals surface area contributed by atoms with Gasteiger partial charge in [-0.2, -0.15) is 5.10 Å². The van der Waals surface area contributed by atoms with E-state index in [1.54, 1.807) is 44.6 Å². The van der Waals surface area contributed by atoms with Crippen LogP contribution in [0.5, 0.6) is 0 Å². The van der Waals surface area contributed by atoms with Gasteiger partial charge in [-0.3, -0.25) is 19.1 Å². The smallest absolute Gasteiger partial charge is 0.303 e. The lowest BCUT2D eigenvalue weighted by molar-refractivity contribution is -0.137. The van der Waals surface area contributed by atoms with Crippen molar-refractivity contribution in [2.24, 2.45) is 0 Å². The molecule has 0 aliphatic heterocycles. The van der Waals surface area contributed by atoms with Crippen molar-refractivity contribution in [1.29, 1.82) is 0 Å². The average Bonchev–Trinajstić information content (AvgIpc) is 3.38. The lowest BCUT2D eigenvalue weighted by Crippen LogP contribution is -2.24. The third-order valence-corrected chi connectivity index (χ3v) is 7.21. The van der Waals surface area contributed by atoms with Crippen LogP contribution >= 0.6 is 0 Å². The van der Waals surface area contributed by atoms with E-state index in [0.717, 1.165) is 27.6 Å². The summed E-state index contributed by atoms with van der Waals surface area (Å²) >= 11 is 0. The first-order valence-electron chi connectivity index (χ1n) is 13.2. The Hall–Kier alpha value is -4.47. The number of aliphatic carboxylic acids is 1. The van der Waals surface area contributed by atoms with Gasteiger partial charge in [-0.25, -0.2) is 4.39 Å². The molecule has 2 amide bonds. The molecule has 0 aliphatic carbocycles. The Labute approximate surface area is 232 Å². The third kappa shape index (κ3) is 5.90. The molecular weight excluding hydrogens is 513 g/mol. The number of carboxylic acids is 1. The largest absolute Gasteiger partial charge is 0.481 e. The highest BCUT2D eigenvalue weighted by Gasteiger charge is 2.21. The summed E-state index contributed by atoms with van der Waals surface area (Å²) < 4.78 is 17.6. The molecule has 1 unspecified atom stereocenters. The molecule has 4 aromatic rings. The molecule has 1 atom stereocenters. The summed E-state index contributed by atoms with van der Waals surface area (Å²) in [6.07, 6.45) is 2.79. The summed E-state index contributed by atoms with van der Waals surface area (Å²) in [4.78, 5) is 36.9. The van der Waals surface area contributed by atoms with E-state index < -0.39 is 12.0 Å². The van der Waals surface area contributed by atoms with E-state index >= 15 is 0 Å². The monoisotopic (exact) mass is 547 g/mol. The van der Waals surface area contributed by atoms with Crippen LogP contribution in [0.25, 0.3) is 10.9 Å². The van der Waals surface area contributed by atoms with Crippen molar-refractivity contribution in [1.82, 2.24) is 19.7 Å². The molecule has 4 rings (SSSR count). The number of carbonyl (C=O) groups excluding carboxylic acids is 2. The first-order chi connectivity index (χ1) is 19.0. The van der Waals surface area contributed by atoms with Crippen LogP contribution in [0.15, 0.2) is 42.6 Å². The maximum atomic E-state index is 14.2. The normalized spacial score (nSPS) is 11.9. The summed E-state index contributed by atoms with van der Waals surface area (Å²) in [5.41, 5.74) is 5.17. The van der Waals surface area contributed by atoms with E-state index in [9.17, 15) is 18.8 Å². The molecule has 0 saturated carbocycles. The van der Waals surface area contributed by atoms with Crippen LogP contribution in [0.1, 0.15) is 64.2 Å². The molecule has 0 radical (unpaired) electrons. The fourth-order valence-corrected chi connectivity index (χ4v) is 4.88. The second-order valence-corrected chi connectivity index (χ2v) is 10.1. The Kier molecular flexibility index (Phi) is 8.37. The van der Waals surface area contributed by atoms with Crippen molar-refractivity contribution in [3.63, 3.8) is 0 Å². The van der Waals surface area contributed by atoms with E-state index in [2.05, 4.69) is 15.7 Å². The number of hydrogen-bond acceptors (Lipinski definition) is 4. The van der Waals surface area contributed by atoms with Gasteiger partial charge in [0.05, 0.1) is 17.9 Å². The summed E-state index contributed by atoms with van der Waals surface area (Å²) in [6.45, 7) is 7.33. The maximum absolute atomic E-state index is 14.2. The molecule has 10 heteroatoms. The molecule has 40 heavy (non-hydrogen) atoms. The molecule has 210 valence electrons. The van der Waals surface area contributed by atoms with Crippen LogP contribution in [-0.4, -0.2) is 44.3 Å². The SMILES string of the molecule is CNC(=O)c1ccc2c(C)cn(C(C)C(=O)Nc3cc(Cn4nc(C)c(F)c4C)ccc3CCCC(=O)O)c2c1. The summed E-state index contributed by atoms with van der Waals surface area (Å²) in [6, 6.07) is 10.4. The molecule has 0 spiro atoms. The predicted octanol–water partition coefficient (Wildman–Crippen LogP) is 4.92. The molecule has 0 bridgehead atoms. The van der Waals surface area contributed by atoms with Crippen molar-refractivity contribution >= 4 is 34.4 Å². The van der Waals surface area contributed by atoms with Gasteiger partial charge in [0.25, 0.3) is 5.91 Å². The highest BCUT2D eigenvalue weighted by atomic mass is 19.1. The topological polar surface area (TPSA) is 118 Å². The van der Waals surface area contributed by atoms with Crippen LogP contribution < -0.4 is 10.6 Å². The minimum absolute atomic E-state index is 0.0128. The molecule has 0 fully saturated rings. The van der Waals surface area contributed by atoms with E-state index in [-0.39, 0.29) is 24.1 Å². The highest BCUT2D eigenvalue weighted by molar-refractivity contribution is 6.00. The van der Waals surface area contributed by atoms with E-state index in [4.69, 9.17) is 5.11 Å². The van der Waals surface area contributed by atoms with Crippen molar-refractivity contribution in [3.05, 3.63) is 82.1 Å². The number of aryl methyl sites for hydroxylation is 3. The average molecular weight is 548 g/mol. The number of nitrogens with one attached hydrogen (secondary N) is 2. The molecule has 2 aromatic carbocycles. The van der Waals surface area contributed by atoms with Crippen LogP contribution in [0.4, 0.5) is 10.1 Å². The molecule has 0 aliphatic rings. The second kappa shape index (κ2) is 11.7. The minimum atomic E-state index is -0.881. The van der Waals surface area contributed by atoms with Gasteiger partial charge in [-0.15, -0.1) is 0 Å². The van der Waals surface area contributed by atoms with E-state index in [0.29, 0.717) is 42.0 Å². The molecule has 2 aromatic heterocycles. The molecule has 9 nitrogen and oxygen atoms in total. The van der Waals surface area contributed by atoms with Gasteiger partial charge in [-0.05, 0) is 75.4 Å². The van der Waals surface area contributed by atoms with Crippen molar-refractivity contribution in [2.45, 2.75) is 59.5 Å². The standard InChI is InChI=1S/C30H34FN5O4/c1-17-15-35(26-14-23(30(40)32-5)11-12-24(17)26)20(4)29(39)33-25-13-21(9-10-22(25)7-6-8-27(37)38)16-36-19(3)28(31)18(2)34-36/h9-15,20H,6-8,16H2,1-5H3,(H,32,40)(H,33,39)(H,37,38). The van der Waals surface area contributed by atoms with E-state index in [1.807, 2.05) is 42.0 Å². The zero-order valence-electron chi connectivity index (χ0n) is 23.3. The molecular formula is C30H34FN5O4. The Bertz CT molecular complexity index is 1600. The minimum Gasteiger partial charge on any atom is -0.481 e. The Balaban J connectivity index is 1.64. The lowest BCUT2D eigenvalue weighted by atomic mass is 10.0. The number of rotatable bonds is 10. The quantitative estimate of drug-likeness (QED) is 0.261. The van der Waals surface area contributed by atoms with Gasteiger partial charge in [-0.1, -0.05) is 18.2 Å². The van der Waals surface area contributed by atoms with Gasteiger partial charge < -0.3 is 20.3 Å². The van der Waals surface area contributed by atoms with Crippen LogP contribution in [0.2, 0.25) is 0 Å². The second-order valence-electron chi connectivity index (χ2n) is 10.1. The molecule has 3 N–H and O–H groups in total. The number of hydrogen-bond donors (Lipinski definition) is 3. The lowest BCUT2D eigenvalue weighted by Gasteiger charge is -2.18. The van der Waals surface area contributed by atoms with E-state index in [1.165, 1.54) is 0 Å². The number of anilines is 1. The van der Waals surface area contributed by atoms with Crippen molar-refractivity contribution < 1.29 is 23.9 Å². The van der Waals surface area contributed by atoms with Crippen LogP contribution in [0, 0.1) is 26.6 Å². The first-order valence-corrected chi connectivity index (χ1v) is 13.2. The number of aromatic nitrogens is 3. The number of fused-ring (bicyclic) bond motifs is 1. The zero-order chi connectivity index (χ0) is 29.1. The van der Waals surface area contributed by atoms with Crippen molar-refractivity contribution in [2.75, 3.05) is 12.4 Å². The Morgan fingerprint density at radius 3 is 2.50 bits per heavy atom. The van der Waals surface area contributed by atoms with Gasteiger partial charge in [0.1, 0.15) is 6.04 Å². The molecule has 2 heterocycles. The Morgan fingerprint density at radius 2 is 1.85 bits per heavy atom. The van der Waals surface area contributed by atoms with Gasteiger partial charge >= 0.3 is 5.97 Å². The maximum Gasteiger partial charge on any atom is 0.303 e. The number of benzene rings is 2. The van der Waals surface area contributed by atoms with Crippen LogP contribution in [0.3, 0.4) is 0 Å². The summed E-state index contributed by atoms with van der Waals surface area (Å²) in [5.74, 6) is -1.71. The summed E-state index contributed by atoms with van der Waals surface area (Å²) in [5, 5.41) is 20.0. The number of carboxylic acid groups (broad SMARTS) is 1. The summed E-state index contributed by atoms with van der Waals surface area (Å²) in [7, 11) is 1.57. The Morgan fingerprint density at radius 1 is 1.10 bits per heavy atom. The number of amides is 2. The highest BCUT2D eigenvalue weighted by Crippen LogP contribution is 2.28. The zero-order valence-corrected chi connectivity index (χ0v) is 23.3.